The monoisotopic (exact) mass is 263 g/mol. The molecule has 1 aromatic heterocycles. The van der Waals surface area contributed by atoms with E-state index in [0.29, 0.717) is 17.9 Å². The van der Waals surface area contributed by atoms with Gasteiger partial charge in [-0.2, -0.15) is 0 Å². The molecule has 100 valence electrons. The van der Waals surface area contributed by atoms with E-state index in [9.17, 15) is 9.18 Å². The molecular weight excluding hydrogens is 249 g/mol. The first-order valence-corrected chi connectivity index (χ1v) is 5.98. The van der Waals surface area contributed by atoms with Gasteiger partial charge in [0.05, 0.1) is 5.69 Å². The van der Waals surface area contributed by atoms with Gasteiger partial charge in [-0.3, -0.25) is 0 Å². The second-order valence-corrected chi connectivity index (χ2v) is 4.25. The molecule has 1 aromatic carbocycles. The summed E-state index contributed by atoms with van der Waals surface area (Å²) in [5.41, 5.74) is 1.32. The van der Waals surface area contributed by atoms with Crippen LogP contribution in [0, 0.1) is 12.7 Å². The van der Waals surface area contributed by atoms with E-state index in [2.05, 4.69) is 10.1 Å². The molecular formula is C13H14FN3O2. The maximum Gasteiger partial charge on any atom is 0.375 e. The number of hydrogen-bond donors (Lipinski definition) is 1. The van der Waals surface area contributed by atoms with E-state index < -0.39 is 11.8 Å². The second-order valence-electron chi connectivity index (χ2n) is 4.25. The zero-order valence-electron chi connectivity index (χ0n) is 10.7. The molecule has 1 N–H and O–H groups in total. The van der Waals surface area contributed by atoms with Crippen molar-refractivity contribution >= 4 is 5.97 Å². The zero-order valence-corrected chi connectivity index (χ0v) is 10.7. The number of carboxylic acids is 1. The predicted octanol–water partition coefficient (Wildman–Crippen LogP) is 2.37. The van der Waals surface area contributed by atoms with Gasteiger partial charge in [-0.15, -0.1) is 5.10 Å². The summed E-state index contributed by atoms with van der Waals surface area (Å²) >= 11 is 0. The van der Waals surface area contributed by atoms with Gasteiger partial charge in [0.2, 0.25) is 0 Å². The Morgan fingerprint density at radius 3 is 2.84 bits per heavy atom. The van der Waals surface area contributed by atoms with Crippen molar-refractivity contribution in [1.82, 2.24) is 14.8 Å². The van der Waals surface area contributed by atoms with Gasteiger partial charge in [-0.05, 0) is 31.0 Å². The van der Waals surface area contributed by atoms with E-state index in [1.807, 2.05) is 13.8 Å². The third-order valence-electron chi connectivity index (χ3n) is 2.74. The van der Waals surface area contributed by atoms with Crippen LogP contribution in [0.5, 0.6) is 0 Å². The molecule has 5 nitrogen and oxygen atoms in total. The number of aromatic carboxylic acids is 1. The Labute approximate surface area is 109 Å². The second kappa shape index (κ2) is 5.17. The summed E-state index contributed by atoms with van der Waals surface area (Å²) in [7, 11) is 0. The maximum atomic E-state index is 13.3. The van der Waals surface area contributed by atoms with Crippen molar-refractivity contribution in [1.29, 1.82) is 0 Å². The molecule has 2 aromatic rings. The Kier molecular flexibility index (Phi) is 3.59. The molecule has 0 amide bonds. The minimum atomic E-state index is -1.19. The van der Waals surface area contributed by atoms with Gasteiger partial charge < -0.3 is 5.11 Å². The van der Waals surface area contributed by atoms with Gasteiger partial charge in [0.15, 0.2) is 0 Å². The Morgan fingerprint density at radius 1 is 1.47 bits per heavy atom. The van der Waals surface area contributed by atoms with Crippen LogP contribution in [0.15, 0.2) is 18.2 Å². The molecule has 0 aliphatic rings. The topological polar surface area (TPSA) is 68.0 Å². The molecule has 0 bridgehead atoms. The van der Waals surface area contributed by atoms with Gasteiger partial charge >= 0.3 is 5.97 Å². The lowest BCUT2D eigenvalue weighted by Crippen LogP contribution is -2.06. The van der Waals surface area contributed by atoms with E-state index in [-0.39, 0.29) is 5.82 Å². The number of aromatic nitrogens is 3. The molecule has 0 saturated carbocycles. The maximum absolute atomic E-state index is 13.3. The molecule has 0 spiro atoms. The molecule has 0 saturated heterocycles. The normalized spacial score (nSPS) is 10.7. The van der Waals surface area contributed by atoms with E-state index in [1.165, 1.54) is 16.8 Å². The fraction of sp³-hybridized carbons (Fsp3) is 0.308. The largest absolute Gasteiger partial charge is 0.475 e. The molecule has 0 aliphatic carbocycles. The van der Waals surface area contributed by atoms with Crippen LogP contribution < -0.4 is 0 Å². The Morgan fingerprint density at radius 2 is 2.21 bits per heavy atom. The third-order valence-corrected chi connectivity index (χ3v) is 2.74. The van der Waals surface area contributed by atoms with Crippen LogP contribution in [0.1, 0.15) is 35.4 Å². The van der Waals surface area contributed by atoms with Crippen LogP contribution in [-0.4, -0.2) is 25.8 Å². The number of hydrogen-bond acceptors (Lipinski definition) is 3. The fourth-order valence-corrected chi connectivity index (χ4v) is 1.82. The Hall–Kier alpha value is -2.24. The minimum Gasteiger partial charge on any atom is -0.475 e. The van der Waals surface area contributed by atoms with Crippen LogP contribution in [0.2, 0.25) is 0 Å². The molecule has 0 radical (unpaired) electrons. The molecule has 0 atom stereocenters. The smallest absolute Gasteiger partial charge is 0.375 e. The first-order chi connectivity index (χ1) is 9.02. The quantitative estimate of drug-likeness (QED) is 0.919. The SMILES string of the molecule is CCCc1nc(C(=O)O)nn1-c1cc(F)ccc1C. The summed E-state index contributed by atoms with van der Waals surface area (Å²) in [4.78, 5) is 14.9. The Balaban J connectivity index is 2.59. The lowest BCUT2D eigenvalue weighted by atomic mass is 10.2. The summed E-state index contributed by atoms with van der Waals surface area (Å²) in [6, 6.07) is 4.31. The van der Waals surface area contributed by atoms with Crippen molar-refractivity contribution in [2.45, 2.75) is 26.7 Å². The van der Waals surface area contributed by atoms with Crippen LogP contribution in [0.4, 0.5) is 4.39 Å². The van der Waals surface area contributed by atoms with Crippen LogP contribution in [-0.2, 0) is 6.42 Å². The molecule has 1 heterocycles. The van der Waals surface area contributed by atoms with Gasteiger partial charge in [-0.25, -0.2) is 18.9 Å². The highest BCUT2D eigenvalue weighted by atomic mass is 19.1. The van der Waals surface area contributed by atoms with E-state index in [4.69, 9.17) is 5.11 Å². The highest BCUT2D eigenvalue weighted by molar-refractivity contribution is 5.83. The van der Waals surface area contributed by atoms with Crippen molar-refractivity contribution in [2.75, 3.05) is 0 Å². The lowest BCUT2D eigenvalue weighted by molar-refractivity contribution is 0.0683. The molecule has 0 unspecified atom stereocenters. The van der Waals surface area contributed by atoms with Gasteiger partial charge in [0.1, 0.15) is 11.6 Å². The zero-order chi connectivity index (χ0) is 14.0. The third kappa shape index (κ3) is 2.62. The first kappa shape index (κ1) is 13.2. The van der Waals surface area contributed by atoms with Crippen molar-refractivity contribution in [3.63, 3.8) is 0 Å². The number of nitrogens with zero attached hydrogens (tertiary/aromatic N) is 3. The van der Waals surface area contributed by atoms with Gasteiger partial charge in [0, 0.05) is 6.42 Å². The van der Waals surface area contributed by atoms with Crippen molar-refractivity contribution in [3.8, 4) is 5.69 Å². The standard InChI is InChI=1S/C13H14FN3O2/c1-3-4-11-15-12(13(18)19)16-17(11)10-7-9(14)6-5-8(10)2/h5-7H,3-4H2,1-2H3,(H,18,19). The highest BCUT2D eigenvalue weighted by Gasteiger charge is 2.17. The van der Waals surface area contributed by atoms with Gasteiger partial charge in [-0.1, -0.05) is 13.0 Å². The number of rotatable bonds is 4. The molecule has 2 rings (SSSR count). The number of halogens is 1. The Bertz CT molecular complexity index is 622. The average Bonchev–Trinajstić information content (AvgIpc) is 2.77. The molecule has 6 heteroatoms. The van der Waals surface area contributed by atoms with Crippen molar-refractivity contribution < 1.29 is 14.3 Å². The van der Waals surface area contributed by atoms with E-state index in [1.54, 1.807) is 6.07 Å². The van der Waals surface area contributed by atoms with E-state index in [0.717, 1.165) is 12.0 Å². The number of aryl methyl sites for hydroxylation is 2. The average molecular weight is 263 g/mol. The molecule has 19 heavy (non-hydrogen) atoms. The molecule has 0 aliphatic heterocycles. The van der Waals surface area contributed by atoms with Crippen molar-refractivity contribution in [2.24, 2.45) is 0 Å². The predicted molar refractivity (Wildman–Crippen MR) is 67.0 cm³/mol. The van der Waals surface area contributed by atoms with Gasteiger partial charge in [0.25, 0.3) is 5.82 Å². The van der Waals surface area contributed by atoms with Crippen LogP contribution in [0.25, 0.3) is 5.69 Å². The minimum absolute atomic E-state index is 0.271. The summed E-state index contributed by atoms with van der Waals surface area (Å²) in [6.45, 7) is 3.77. The highest BCUT2D eigenvalue weighted by Crippen LogP contribution is 2.17. The number of benzene rings is 1. The summed E-state index contributed by atoms with van der Waals surface area (Å²) < 4.78 is 14.7. The van der Waals surface area contributed by atoms with E-state index >= 15 is 0 Å². The number of carboxylic acid groups (broad SMARTS) is 1. The summed E-state index contributed by atoms with van der Waals surface area (Å²) in [5, 5.41) is 12.9. The first-order valence-electron chi connectivity index (χ1n) is 5.98. The summed E-state index contributed by atoms with van der Waals surface area (Å²) in [6.07, 6.45) is 1.38. The van der Waals surface area contributed by atoms with Crippen molar-refractivity contribution in [3.05, 3.63) is 41.2 Å². The summed E-state index contributed by atoms with van der Waals surface area (Å²) in [5.74, 6) is -1.33. The molecule has 0 fully saturated rings. The number of carbonyl (C=O) groups is 1. The fourth-order valence-electron chi connectivity index (χ4n) is 1.82. The van der Waals surface area contributed by atoms with Crippen LogP contribution in [0.3, 0.4) is 0 Å². The lowest BCUT2D eigenvalue weighted by Gasteiger charge is -2.08. The van der Waals surface area contributed by atoms with Crippen LogP contribution >= 0.6 is 0 Å².